The zero-order valence-corrected chi connectivity index (χ0v) is 12.0. The van der Waals surface area contributed by atoms with Crippen molar-refractivity contribution in [2.24, 2.45) is 5.92 Å². The van der Waals surface area contributed by atoms with Crippen LogP contribution in [0.5, 0.6) is 0 Å². The zero-order valence-electron chi connectivity index (χ0n) is 12.0. The van der Waals surface area contributed by atoms with E-state index in [-0.39, 0.29) is 5.92 Å². The van der Waals surface area contributed by atoms with Gasteiger partial charge in [-0.15, -0.1) is 0 Å². The van der Waals surface area contributed by atoms with Gasteiger partial charge in [0.1, 0.15) is 0 Å². The van der Waals surface area contributed by atoms with E-state index in [1.807, 2.05) is 0 Å². The normalized spacial score (nSPS) is 16.7. The minimum absolute atomic E-state index is 0.332. The van der Waals surface area contributed by atoms with Crippen LogP contribution >= 0.6 is 0 Å². The number of hydrazine groups is 1. The Morgan fingerprint density at radius 2 is 1.80 bits per heavy atom. The molecule has 0 radical (unpaired) electrons. The summed E-state index contributed by atoms with van der Waals surface area (Å²) in [6, 6.07) is -1.59. The Kier molecular flexibility index (Phi) is 5.75. The average Bonchev–Trinajstić information content (AvgIpc) is 2.37. The van der Waals surface area contributed by atoms with E-state index in [0.29, 0.717) is 26.3 Å². The fraction of sp³-hybridized carbons (Fsp3) is 0.750. The fourth-order valence-electron chi connectivity index (χ4n) is 1.98. The van der Waals surface area contributed by atoms with Crippen molar-refractivity contribution in [3.63, 3.8) is 0 Å². The Hall–Kier alpha value is -1.83. The lowest BCUT2D eigenvalue weighted by Crippen LogP contribution is -2.59. The van der Waals surface area contributed by atoms with Crippen molar-refractivity contribution >= 4 is 17.9 Å². The molecule has 2 N–H and O–H groups in total. The summed E-state index contributed by atoms with van der Waals surface area (Å²) in [5.41, 5.74) is 2.38. The Balaban J connectivity index is 2.78. The molecule has 114 valence electrons. The first-order chi connectivity index (χ1) is 9.34. The molecule has 0 aromatic heterocycles. The van der Waals surface area contributed by atoms with Gasteiger partial charge < -0.3 is 14.7 Å². The van der Waals surface area contributed by atoms with E-state index < -0.39 is 23.9 Å². The Morgan fingerprint density at radius 3 is 2.20 bits per heavy atom. The van der Waals surface area contributed by atoms with Gasteiger partial charge in [0, 0.05) is 20.0 Å². The molecule has 1 fully saturated rings. The number of amides is 3. The average molecular weight is 287 g/mol. The number of urea groups is 1. The number of carboxylic acids is 1. The molecule has 1 rings (SSSR count). The van der Waals surface area contributed by atoms with Crippen molar-refractivity contribution < 1.29 is 24.2 Å². The maximum atomic E-state index is 12.0. The molecular weight excluding hydrogens is 266 g/mol. The SMILES string of the molecule is CC(=O)N(NC(=O)N1CCOCC1)C(C(=O)O)C(C)C. The van der Waals surface area contributed by atoms with E-state index in [1.165, 1.54) is 11.8 Å². The van der Waals surface area contributed by atoms with Gasteiger partial charge in [-0.3, -0.25) is 4.79 Å². The second-order valence-electron chi connectivity index (χ2n) is 4.93. The summed E-state index contributed by atoms with van der Waals surface area (Å²) in [5.74, 6) is -2.01. The van der Waals surface area contributed by atoms with Gasteiger partial charge in [0.2, 0.25) is 5.91 Å². The first kappa shape index (κ1) is 16.2. The molecule has 0 aromatic carbocycles. The number of rotatable bonds is 3. The molecule has 1 aliphatic heterocycles. The second kappa shape index (κ2) is 7.09. The van der Waals surface area contributed by atoms with Crippen LogP contribution in [0.25, 0.3) is 0 Å². The van der Waals surface area contributed by atoms with E-state index in [2.05, 4.69) is 5.43 Å². The molecule has 1 atom stereocenters. The van der Waals surface area contributed by atoms with E-state index in [4.69, 9.17) is 4.74 Å². The standard InChI is InChI=1S/C12H21N3O5/c1-8(2)10(11(17)18)15(9(3)16)13-12(19)14-4-6-20-7-5-14/h8,10H,4-7H2,1-3H3,(H,13,19)(H,17,18). The molecule has 1 heterocycles. The van der Waals surface area contributed by atoms with E-state index in [0.717, 1.165) is 5.01 Å². The van der Waals surface area contributed by atoms with E-state index in [1.54, 1.807) is 13.8 Å². The summed E-state index contributed by atoms with van der Waals surface area (Å²) in [4.78, 5) is 36.4. The van der Waals surface area contributed by atoms with Crippen LogP contribution in [0.15, 0.2) is 0 Å². The smallest absolute Gasteiger partial charge is 0.336 e. The van der Waals surface area contributed by atoms with Crippen LogP contribution in [-0.4, -0.2) is 65.3 Å². The summed E-state index contributed by atoms with van der Waals surface area (Å²) < 4.78 is 5.13. The number of hydrogen-bond donors (Lipinski definition) is 2. The van der Waals surface area contributed by atoms with Crippen molar-refractivity contribution in [2.45, 2.75) is 26.8 Å². The molecule has 1 aliphatic rings. The first-order valence-electron chi connectivity index (χ1n) is 6.50. The van der Waals surface area contributed by atoms with Crippen LogP contribution in [0.2, 0.25) is 0 Å². The maximum absolute atomic E-state index is 12.0. The number of hydrogen-bond acceptors (Lipinski definition) is 4. The summed E-state index contributed by atoms with van der Waals surface area (Å²) in [5, 5.41) is 10.1. The topological polar surface area (TPSA) is 99.2 Å². The Bertz CT molecular complexity index is 379. The van der Waals surface area contributed by atoms with Gasteiger partial charge in [0.15, 0.2) is 6.04 Å². The molecule has 0 aliphatic carbocycles. The van der Waals surface area contributed by atoms with Crippen LogP contribution in [0, 0.1) is 5.92 Å². The lowest BCUT2D eigenvalue weighted by atomic mass is 10.0. The van der Waals surface area contributed by atoms with Gasteiger partial charge in [0.25, 0.3) is 0 Å². The van der Waals surface area contributed by atoms with Crippen LogP contribution in [-0.2, 0) is 14.3 Å². The highest BCUT2D eigenvalue weighted by Crippen LogP contribution is 2.10. The summed E-state index contributed by atoms with van der Waals surface area (Å²) >= 11 is 0. The second-order valence-corrected chi connectivity index (χ2v) is 4.93. The molecular formula is C12H21N3O5. The lowest BCUT2D eigenvalue weighted by molar-refractivity contribution is -0.153. The largest absolute Gasteiger partial charge is 0.480 e. The number of nitrogens with zero attached hydrogens (tertiary/aromatic N) is 2. The predicted molar refractivity (Wildman–Crippen MR) is 69.7 cm³/mol. The first-order valence-corrected chi connectivity index (χ1v) is 6.50. The highest BCUT2D eigenvalue weighted by atomic mass is 16.5. The van der Waals surface area contributed by atoms with Gasteiger partial charge >= 0.3 is 12.0 Å². The molecule has 0 saturated carbocycles. The molecule has 0 spiro atoms. The van der Waals surface area contributed by atoms with Crippen molar-refractivity contribution in [2.75, 3.05) is 26.3 Å². The summed E-state index contributed by atoms with van der Waals surface area (Å²) in [7, 11) is 0. The maximum Gasteiger partial charge on any atom is 0.336 e. The van der Waals surface area contributed by atoms with E-state index >= 15 is 0 Å². The number of aliphatic carboxylic acids is 1. The van der Waals surface area contributed by atoms with Gasteiger partial charge in [-0.1, -0.05) is 13.8 Å². The fourth-order valence-corrected chi connectivity index (χ4v) is 1.98. The molecule has 8 heteroatoms. The van der Waals surface area contributed by atoms with Gasteiger partial charge in [-0.05, 0) is 5.92 Å². The summed E-state index contributed by atoms with van der Waals surface area (Å²) in [6.07, 6.45) is 0. The number of nitrogens with one attached hydrogen (secondary N) is 1. The third-order valence-corrected chi connectivity index (χ3v) is 3.02. The molecule has 1 saturated heterocycles. The molecule has 1 unspecified atom stereocenters. The quantitative estimate of drug-likeness (QED) is 0.706. The monoisotopic (exact) mass is 287 g/mol. The lowest BCUT2D eigenvalue weighted by Gasteiger charge is -2.34. The van der Waals surface area contributed by atoms with Crippen molar-refractivity contribution in [3.05, 3.63) is 0 Å². The van der Waals surface area contributed by atoms with Crippen LogP contribution < -0.4 is 5.43 Å². The minimum Gasteiger partial charge on any atom is -0.480 e. The number of carboxylic acid groups (broad SMARTS) is 1. The number of ether oxygens (including phenoxy) is 1. The molecule has 0 bridgehead atoms. The van der Waals surface area contributed by atoms with Crippen molar-refractivity contribution in [1.29, 1.82) is 0 Å². The molecule has 20 heavy (non-hydrogen) atoms. The molecule has 8 nitrogen and oxygen atoms in total. The molecule has 3 amide bonds. The highest BCUT2D eigenvalue weighted by molar-refractivity contribution is 5.85. The third-order valence-electron chi connectivity index (χ3n) is 3.02. The van der Waals surface area contributed by atoms with Gasteiger partial charge in [-0.2, -0.15) is 0 Å². The van der Waals surface area contributed by atoms with Crippen LogP contribution in [0.3, 0.4) is 0 Å². The van der Waals surface area contributed by atoms with Crippen molar-refractivity contribution in [1.82, 2.24) is 15.3 Å². The number of carbonyl (C=O) groups excluding carboxylic acids is 2. The van der Waals surface area contributed by atoms with E-state index in [9.17, 15) is 19.5 Å². The van der Waals surface area contributed by atoms with Crippen molar-refractivity contribution in [3.8, 4) is 0 Å². The Labute approximate surface area is 117 Å². The third kappa shape index (κ3) is 4.09. The summed E-state index contributed by atoms with van der Waals surface area (Å²) in [6.45, 7) is 6.26. The molecule has 0 aromatic rings. The number of morpholine rings is 1. The highest BCUT2D eigenvalue weighted by Gasteiger charge is 2.33. The number of carbonyl (C=O) groups is 3. The van der Waals surface area contributed by atoms with Crippen LogP contribution in [0.1, 0.15) is 20.8 Å². The minimum atomic E-state index is -1.16. The predicted octanol–water partition coefficient (Wildman–Crippen LogP) is -0.0991. The zero-order chi connectivity index (χ0) is 15.3. The Morgan fingerprint density at radius 1 is 1.25 bits per heavy atom. The van der Waals surface area contributed by atoms with Crippen LogP contribution in [0.4, 0.5) is 4.79 Å². The van der Waals surface area contributed by atoms with Gasteiger partial charge in [-0.25, -0.2) is 20.0 Å². The van der Waals surface area contributed by atoms with Gasteiger partial charge in [0.05, 0.1) is 13.2 Å².